The number of hydrogen-bond donors (Lipinski definition) is 0. The van der Waals surface area contributed by atoms with Crippen molar-refractivity contribution < 1.29 is 18.8 Å². The number of rotatable bonds is 4. The van der Waals surface area contributed by atoms with E-state index in [2.05, 4.69) is 14.8 Å². The zero-order valence-corrected chi connectivity index (χ0v) is 14.4. The van der Waals surface area contributed by atoms with Crippen molar-refractivity contribution in [2.45, 2.75) is 13.5 Å². The third-order valence-corrected chi connectivity index (χ3v) is 4.27. The van der Waals surface area contributed by atoms with Gasteiger partial charge >= 0.3 is 5.97 Å². The van der Waals surface area contributed by atoms with E-state index in [1.54, 1.807) is 24.3 Å². The minimum atomic E-state index is -0.407. The lowest BCUT2D eigenvalue weighted by Gasteiger charge is -2.34. The van der Waals surface area contributed by atoms with E-state index in [1.807, 2.05) is 17.9 Å². The Bertz CT molecular complexity index is 746. The molecule has 0 atom stereocenters. The van der Waals surface area contributed by atoms with Gasteiger partial charge in [-0.1, -0.05) is 5.16 Å². The lowest BCUT2D eigenvalue weighted by molar-refractivity contribution is 0.0594. The van der Waals surface area contributed by atoms with E-state index < -0.39 is 5.97 Å². The van der Waals surface area contributed by atoms with Gasteiger partial charge in [-0.3, -0.25) is 9.69 Å². The molecular formula is C18H21N3O4. The first-order valence-electron chi connectivity index (χ1n) is 8.19. The number of piperazine rings is 1. The molecule has 0 N–H and O–H groups in total. The van der Waals surface area contributed by atoms with Gasteiger partial charge < -0.3 is 14.2 Å². The van der Waals surface area contributed by atoms with Crippen LogP contribution in [0.5, 0.6) is 0 Å². The van der Waals surface area contributed by atoms with Gasteiger partial charge in [0.05, 0.1) is 24.9 Å². The molecule has 1 aromatic heterocycles. The minimum absolute atomic E-state index is 0.0217. The van der Waals surface area contributed by atoms with Gasteiger partial charge in [0.1, 0.15) is 0 Å². The third-order valence-electron chi connectivity index (χ3n) is 4.27. The number of nitrogens with zero attached hydrogens (tertiary/aromatic N) is 3. The average Bonchev–Trinajstić information content (AvgIpc) is 3.06. The Morgan fingerprint density at radius 1 is 1.12 bits per heavy atom. The van der Waals surface area contributed by atoms with Crippen LogP contribution in [0.15, 0.2) is 34.9 Å². The zero-order valence-electron chi connectivity index (χ0n) is 14.4. The van der Waals surface area contributed by atoms with Gasteiger partial charge in [0, 0.05) is 37.8 Å². The van der Waals surface area contributed by atoms with E-state index in [4.69, 9.17) is 4.52 Å². The summed E-state index contributed by atoms with van der Waals surface area (Å²) in [4.78, 5) is 28.1. The van der Waals surface area contributed by atoms with Crippen LogP contribution in [0.25, 0.3) is 0 Å². The number of hydrogen-bond acceptors (Lipinski definition) is 6. The molecule has 2 aromatic rings. The molecular weight excluding hydrogens is 322 g/mol. The molecule has 1 saturated heterocycles. The fourth-order valence-electron chi connectivity index (χ4n) is 2.87. The van der Waals surface area contributed by atoms with E-state index in [-0.39, 0.29) is 5.91 Å². The van der Waals surface area contributed by atoms with Crippen molar-refractivity contribution in [3.8, 4) is 0 Å². The highest BCUT2D eigenvalue weighted by Gasteiger charge is 2.23. The Morgan fingerprint density at radius 2 is 1.76 bits per heavy atom. The molecule has 7 nitrogen and oxygen atoms in total. The molecule has 25 heavy (non-hydrogen) atoms. The zero-order chi connectivity index (χ0) is 17.8. The largest absolute Gasteiger partial charge is 0.465 e. The fourth-order valence-corrected chi connectivity index (χ4v) is 2.87. The normalized spacial score (nSPS) is 15.2. The highest BCUT2D eigenvalue weighted by atomic mass is 16.5. The first-order valence-corrected chi connectivity index (χ1v) is 8.19. The number of amides is 1. The molecule has 2 heterocycles. The second-order valence-corrected chi connectivity index (χ2v) is 6.07. The van der Waals surface area contributed by atoms with Gasteiger partial charge in [-0.15, -0.1) is 0 Å². The van der Waals surface area contributed by atoms with Crippen LogP contribution in [0, 0.1) is 6.92 Å². The van der Waals surface area contributed by atoms with Crippen LogP contribution in [0.3, 0.4) is 0 Å². The van der Waals surface area contributed by atoms with Crippen LogP contribution in [0.2, 0.25) is 0 Å². The molecule has 1 fully saturated rings. The lowest BCUT2D eigenvalue weighted by Crippen LogP contribution is -2.48. The number of methoxy groups -OCH3 is 1. The molecule has 0 spiro atoms. The minimum Gasteiger partial charge on any atom is -0.465 e. The maximum Gasteiger partial charge on any atom is 0.337 e. The molecule has 1 amide bonds. The van der Waals surface area contributed by atoms with Crippen LogP contribution in [0.4, 0.5) is 0 Å². The molecule has 132 valence electrons. The summed E-state index contributed by atoms with van der Waals surface area (Å²) < 4.78 is 9.90. The van der Waals surface area contributed by atoms with E-state index in [9.17, 15) is 9.59 Å². The van der Waals surface area contributed by atoms with Crippen LogP contribution in [-0.4, -0.2) is 60.1 Å². The van der Waals surface area contributed by atoms with Gasteiger partial charge in [0.25, 0.3) is 5.91 Å². The van der Waals surface area contributed by atoms with Gasteiger partial charge in [0.2, 0.25) is 0 Å². The fraction of sp³-hybridized carbons (Fsp3) is 0.389. The standard InChI is InChI=1S/C18H21N3O4/c1-13-11-16(25-19-13)12-20-7-9-21(10-8-20)17(22)14-3-5-15(6-4-14)18(23)24-2/h3-6,11H,7-10,12H2,1-2H3. The number of aryl methyl sites for hydroxylation is 1. The van der Waals surface area contributed by atoms with Crippen molar-refractivity contribution in [3.63, 3.8) is 0 Å². The molecule has 3 rings (SSSR count). The molecule has 0 aliphatic carbocycles. The molecule has 0 bridgehead atoms. The van der Waals surface area contributed by atoms with E-state index in [0.717, 1.165) is 24.5 Å². The smallest absolute Gasteiger partial charge is 0.337 e. The average molecular weight is 343 g/mol. The summed E-state index contributed by atoms with van der Waals surface area (Å²) in [5.41, 5.74) is 1.89. The van der Waals surface area contributed by atoms with Gasteiger partial charge in [-0.2, -0.15) is 0 Å². The Hall–Kier alpha value is -2.67. The first-order chi connectivity index (χ1) is 12.1. The van der Waals surface area contributed by atoms with E-state index in [0.29, 0.717) is 30.8 Å². The van der Waals surface area contributed by atoms with Gasteiger partial charge in [0.15, 0.2) is 5.76 Å². The maximum atomic E-state index is 12.6. The summed E-state index contributed by atoms with van der Waals surface area (Å²) in [6.45, 7) is 5.48. The van der Waals surface area contributed by atoms with Crippen LogP contribution < -0.4 is 0 Å². The second-order valence-electron chi connectivity index (χ2n) is 6.07. The van der Waals surface area contributed by atoms with Crippen molar-refractivity contribution in [1.29, 1.82) is 0 Å². The first kappa shape index (κ1) is 17.2. The molecule has 0 radical (unpaired) electrons. The Balaban J connectivity index is 1.55. The predicted octanol–water partition coefficient (Wildman–Crippen LogP) is 1.73. The van der Waals surface area contributed by atoms with E-state index >= 15 is 0 Å². The molecule has 1 aromatic carbocycles. The van der Waals surface area contributed by atoms with Crippen LogP contribution in [0.1, 0.15) is 32.2 Å². The quantitative estimate of drug-likeness (QED) is 0.787. The van der Waals surface area contributed by atoms with Gasteiger partial charge in [-0.25, -0.2) is 4.79 Å². The summed E-state index contributed by atoms with van der Waals surface area (Å²) in [5.74, 6) is 0.414. The molecule has 1 aliphatic rings. The number of esters is 1. The summed E-state index contributed by atoms with van der Waals surface area (Å²) in [6, 6.07) is 8.49. The number of carbonyl (C=O) groups excluding carboxylic acids is 2. The lowest BCUT2D eigenvalue weighted by atomic mass is 10.1. The molecule has 1 aliphatic heterocycles. The van der Waals surface area contributed by atoms with Crippen molar-refractivity contribution in [2.24, 2.45) is 0 Å². The van der Waals surface area contributed by atoms with E-state index in [1.165, 1.54) is 7.11 Å². The SMILES string of the molecule is COC(=O)c1ccc(C(=O)N2CCN(Cc3cc(C)no3)CC2)cc1. The summed E-state index contributed by atoms with van der Waals surface area (Å²) in [5, 5.41) is 3.89. The van der Waals surface area contributed by atoms with Crippen molar-refractivity contribution >= 4 is 11.9 Å². The topological polar surface area (TPSA) is 75.9 Å². The van der Waals surface area contributed by atoms with Crippen molar-refractivity contribution in [2.75, 3.05) is 33.3 Å². The van der Waals surface area contributed by atoms with Crippen molar-refractivity contribution in [1.82, 2.24) is 15.0 Å². The van der Waals surface area contributed by atoms with Crippen LogP contribution in [-0.2, 0) is 11.3 Å². The summed E-state index contributed by atoms with van der Waals surface area (Å²) in [7, 11) is 1.33. The third kappa shape index (κ3) is 4.06. The number of ether oxygens (including phenoxy) is 1. The molecule has 0 saturated carbocycles. The summed E-state index contributed by atoms with van der Waals surface area (Å²) >= 11 is 0. The predicted molar refractivity (Wildman–Crippen MR) is 90.2 cm³/mol. The molecule has 0 unspecified atom stereocenters. The van der Waals surface area contributed by atoms with Crippen LogP contribution >= 0.6 is 0 Å². The van der Waals surface area contributed by atoms with Crippen molar-refractivity contribution in [3.05, 3.63) is 52.9 Å². The highest BCUT2D eigenvalue weighted by Crippen LogP contribution is 2.13. The molecule has 7 heteroatoms. The Kier molecular flexibility index (Phi) is 5.14. The monoisotopic (exact) mass is 343 g/mol. The Labute approximate surface area is 146 Å². The second kappa shape index (κ2) is 7.48. The van der Waals surface area contributed by atoms with Gasteiger partial charge in [-0.05, 0) is 31.2 Å². The summed E-state index contributed by atoms with van der Waals surface area (Å²) in [6.07, 6.45) is 0. The number of benzene rings is 1. The highest BCUT2D eigenvalue weighted by molar-refractivity contribution is 5.96. The Morgan fingerprint density at radius 3 is 2.32 bits per heavy atom. The number of carbonyl (C=O) groups is 2. The maximum absolute atomic E-state index is 12.6. The number of aromatic nitrogens is 1.